The van der Waals surface area contributed by atoms with Crippen LogP contribution in [0.25, 0.3) is 105 Å². The van der Waals surface area contributed by atoms with Gasteiger partial charge in [-0.3, -0.25) is 0 Å². The third-order valence-electron chi connectivity index (χ3n) is 13.6. The van der Waals surface area contributed by atoms with E-state index in [1.807, 2.05) is 6.07 Å². The van der Waals surface area contributed by atoms with E-state index < -0.39 is 0 Å². The molecule has 0 fully saturated rings. The Bertz CT molecular complexity index is 3960. The number of fused-ring (bicyclic) bond motifs is 6. The van der Waals surface area contributed by atoms with Gasteiger partial charge >= 0.3 is 0 Å². The second-order valence-corrected chi connectivity index (χ2v) is 17.6. The molecule has 0 saturated heterocycles. The molecule has 324 valence electrons. The maximum atomic E-state index is 6.67. The summed E-state index contributed by atoms with van der Waals surface area (Å²) in [6.07, 6.45) is 0. The van der Waals surface area contributed by atoms with Crippen molar-refractivity contribution in [1.29, 1.82) is 0 Å². The topological polar surface area (TPSA) is 21.3 Å². The van der Waals surface area contributed by atoms with Gasteiger partial charge in [0, 0.05) is 49.6 Å². The standard InChI is InChI=1S/C66H44N2O/c1-2-18-45(19-3-1)46-36-38-47(39-37-46)49-20-16-21-51(44-49)67(61-31-11-9-27-57(61)59-29-17-30-60-58-28-10-15-35-65(58)69-66(59)60)50-42-40-48(41-43-50)52-22-4-5-23-53(52)54-24-6-12-32-62(54)68-63-33-13-7-25-55(63)56-26-8-14-34-64(56)68/h1-44H. The van der Waals surface area contributed by atoms with Crippen molar-refractivity contribution in [2.75, 3.05) is 4.90 Å². The molecule has 2 aromatic heterocycles. The van der Waals surface area contributed by atoms with Gasteiger partial charge in [-0.05, 0) is 93.5 Å². The first kappa shape index (κ1) is 40.1. The number of rotatable bonds is 9. The highest BCUT2D eigenvalue weighted by Crippen LogP contribution is 2.46. The van der Waals surface area contributed by atoms with Gasteiger partial charge in [0.25, 0.3) is 0 Å². The van der Waals surface area contributed by atoms with Gasteiger partial charge in [-0.2, -0.15) is 0 Å². The van der Waals surface area contributed by atoms with E-state index in [1.54, 1.807) is 0 Å². The average molecular weight is 881 g/mol. The van der Waals surface area contributed by atoms with E-state index in [1.165, 1.54) is 49.6 Å². The molecular weight excluding hydrogens is 837 g/mol. The van der Waals surface area contributed by atoms with Crippen LogP contribution in [0.15, 0.2) is 271 Å². The van der Waals surface area contributed by atoms with Crippen molar-refractivity contribution in [1.82, 2.24) is 4.57 Å². The fraction of sp³-hybridized carbons (Fsp3) is 0. The number of hydrogen-bond acceptors (Lipinski definition) is 2. The molecule has 0 radical (unpaired) electrons. The SMILES string of the molecule is c1ccc(-c2ccc(-c3cccc(N(c4ccc(-c5ccccc5-c5ccccc5-n5c6ccccc6c6ccccc65)cc4)c4ccccc4-c4cccc5c4oc4ccccc45)c3)cc2)cc1. The van der Waals surface area contributed by atoms with E-state index in [9.17, 15) is 0 Å². The molecule has 0 aliphatic carbocycles. The second-order valence-electron chi connectivity index (χ2n) is 17.6. The monoisotopic (exact) mass is 880 g/mol. The maximum Gasteiger partial charge on any atom is 0.143 e. The van der Waals surface area contributed by atoms with Gasteiger partial charge in [0.2, 0.25) is 0 Å². The molecule has 13 rings (SSSR count). The van der Waals surface area contributed by atoms with Crippen LogP contribution in [0.3, 0.4) is 0 Å². The molecule has 0 unspecified atom stereocenters. The summed E-state index contributed by atoms with van der Waals surface area (Å²) >= 11 is 0. The summed E-state index contributed by atoms with van der Waals surface area (Å²) in [5, 5.41) is 4.72. The zero-order valence-corrected chi connectivity index (χ0v) is 37.7. The summed E-state index contributed by atoms with van der Waals surface area (Å²) in [5.41, 5.74) is 19.9. The van der Waals surface area contributed by atoms with Gasteiger partial charge in [0.1, 0.15) is 11.2 Å². The van der Waals surface area contributed by atoms with Crippen molar-refractivity contribution < 1.29 is 4.42 Å². The minimum atomic E-state index is 0.881. The number of aromatic nitrogens is 1. The van der Waals surface area contributed by atoms with Gasteiger partial charge in [0.15, 0.2) is 0 Å². The van der Waals surface area contributed by atoms with Crippen LogP contribution < -0.4 is 4.90 Å². The smallest absolute Gasteiger partial charge is 0.143 e. The predicted molar refractivity (Wildman–Crippen MR) is 290 cm³/mol. The molecule has 3 heteroatoms. The quantitative estimate of drug-likeness (QED) is 0.144. The van der Waals surface area contributed by atoms with E-state index in [0.29, 0.717) is 0 Å². The average Bonchev–Trinajstić information content (AvgIpc) is 3.98. The number of para-hydroxylation sites is 6. The van der Waals surface area contributed by atoms with Crippen LogP contribution in [0.5, 0.6) is 0 Å². The molecule has 0 saturated carbocycles. The van der Waals surface area contributed by atoms with Crippen molar-refractivity contribution in [2.24, 2.45) is 0 Å². The first-order chi connectivity index (χ1) is 34.2. The lowest BCUT2D eigenvalue weighted by Crippen LogP contribution is -2.11. The molecule has 0 aliphatic heterocycles. The van der Waals surface area contributed by atoms with Crippen LogP contribution in [-0.4, -0.2) is 4.57 Å². The highest BCUT2D eigenvalue weighted by Gasteiger charge is 2.22. The number of furan rings is 1. The fourth-order valence-corrected chi connectivity index (χ4v) is 10.4. The van der Waals surface area contributed by atoms with Crippen LogP contribution >= 0.6 is 0 Å². The lowest BCUT2D eigenvalue weighted by molar-refractivity contribution is 0.670. The molecule has 0 atom stereocenters. The van der Waals surface area contributed by atoms with Crippen molar-refractivity contribution >= 4 is 60.8 Å². The summed E-state index contributed by atoms with van der Waals surface area (Å²) in [6, 6.07) is 96.0. The largest absolute Gasteiger partial charge is 0.455 e. The van der Waals surface area contributed by atoms with E-state index in [4.69, 9.17) is 4.42 Å². The molecule has 2 heterocycles. The third-order valence-corrected chi connectivity index (χ3v) is 13.6. The maximum absolute atomic E-state index is 6.67. The van der Waals surface area contributed by atoms with Crippen LogP contribution in [0, 0.1) is 0 Å². The molecule has 11 aromatic carbocycles. The zero-order chi connectivity index (χ0) is 45.7. The lowest BCUT2D eigenvalue weighted by atomic mass is 9.93. The Morgan fingerprint density at radius 1 is 0.290 bits per heavy atom. The molecule has 0 N–H and O–H groups in total. The first-order valence-corrected chi connectivity index (χ1v) is 23.6. The molecule has 3 nitrogen and oxygen atoms in total. The highest BCUT2D eigenvalue weighted by atomic mass is 16.3. The first-order valence-electron chi connectivity index (χ1n) is 23.6. The van der Waals surface area contributed by atoms with E-state index in [0.717, 1.165) is 72.5 Å². The third kappa shape index (κ3) is 6.99. The zero-order valence-electron chi connectivity index (χ0n) is 37.7. The highest BCUT2D eigenvalue weighted by molar-refractivity contribution is 6.12. The van der Waals surface area contributed by atoms with Crippen LogP contribution in [-0.2, 0) is 0 Å². The predicted octanol–water partition coefficient (Wildman–Crippen LogP) is 18.5. The van der Waals surface area contributed by atoms with Crippen molar-refractivity contribution in [3.05, 3.63) is 267 Å². The number of nitrogens with zero attached hydrogens (tertiary/aromatic N) is 2. The van der Waals surface area contributed by atoms with E-state index >= 15 is 0 Å². The normalized spacial score (nSPS) is 11.5. The van der Waals surface area contributed by atoms with Crippen molar-refractivity contribution in [3.8, 4) is 61.3 Å². The van der Waals surface area contributed by atoms with Gasteiger partial charge in [-0.15, -0.1) is 0 Å². The molecule has 69 heavy (non-hydrogen) atoms. The number of benzene rings is 11. The molecule has 0 aliphatic rings. The summed E-state index contributed by atoms with van der Waals surface area (Å²) in [7, 11) is 0. The van der Waals surface area contributed by atoms with Crippen molar-refractivity contribution in [3.63, 3.8) is 0 Å². The fourth-order valence-electron chi connectivity index (χ4n) is 10.4. The summed E-state index contributed by atoms with van der Waals surface area (Å²) in [6.45, 7) is 0. The molecule has 0 bridgehead atoms. The van der Waals surface area contributed by atoms with Gasteiger partial charge < -0.3 is 13.9 Å². The molecule has 0 spiro atoms. The Balaban J connectivity index is 0.947. The minimum absolute atomic E-state index is 0.881. The Hall–Kier alpha value is -9.18. The minimum Gasteiger partial charge on any atom is -0.455 e. The summed E-state index contributed by atoms with van der Waals surface area (Å²) < 4.78 is 9.09. The van der Waals surface area contributed by atoms with Gasteiger partial charge in [0.05, 0.1) is 22.4 Å². The van der Waals surface area contributed by atoms with Gasteiger partial charge in [-0.25, -0.2) is 0 Å². The molecule has 0 amide bonds. The van der Waals surface area contributed by atoms with E-state index in [2.05, 4.69) is 270 Å². The lowest BCUT2D eigenvalue weighted by Gasteiger charge is -2.28. The van der Waals surface area contributed by atoms with E-state index in [-0.39, 0.29) is 0 Å². The van der Waals surface area contributed by atoms with Crippen LogP contribution in [0.4, 0.5) is 17.1 Å². The molecular formula is C66H44N2O. The van der Waals surface area contributed by atoms with Crippen molar-refractivity contribution in [2.45, 2.75) is 0 Å². The Morgan fingerprint density at radius 2 is 0.797 bits per heavy atom. The second kappa shape index (κ2) is 16.9. The number of anilines is 3. The van der Waals surface area contributed by atoms with Crippen LogP contribution in [0.2, 0.25) is 0 Å². The van der Waals surface area contributed by atoms with Crippen LogP contribution in [0.1, 0.15) is 0 Å². The summed E-state index contributed by atoms with van der Waals surface area (Å²) in [5.74, 6) is 0. The molecule has 13 aromatic rings. The Labute approximate surface area is 401 Å². The number of hydrogen-bond donors (Lipinski definition) is 0. The Kier molecular flexibility index (Phi) is 9.84. The Morgan fingerprint density at radius 3 is 1.55 bits per heavy atom. The van der Waals surface area contributed by atoms with Gasteiger partial charge in [-0.1, -0.05) is 212 Å². The summed E-state index contributed by atoms with van der Waals surface area (Å²) in [4.78, 5) is 2.39.